The number of halogens is 1. The molecule has 108 valence electrons. The van der Waals surface area contributed by atoms with Crippen molar-refractivity contribution < 1.29 is 4.92 Å². The van der Waals surface area contributed by atoms with Gasteiger partial charge in [-0.3, -0.25) is 10.1 Å². The molecule has 20 heavy (non-hydrogen) atoms. The number of H-pyrrole nitrogens is 1. The fraction of sp³-hybridized carbons (Fsp3) is 0.462. The molecule has 1 aromatic carbocycles. The number of hydrogen-bond acceptors (Lipinski definition) is 4. The molecule has 2 aromatic rings. The minimum Gasteiger partial charge on any atom is -0.356 e. The van der Waals surface area contributed by atoms with Crippen LogP contribution >= 0.6 is 11.6 Å². The van der Waals surface area contributed by atoms with Gasteiger partial charge in [0.25, 0.3) is 5.69 Å². The summed E-state index contributed by atoms with van der Waals surface area (Å²) in [6, 6.07) is 4.60. The molecule has 0 atom stereocenters. The maximum Gasteiger partial charge on any atom is 0.271 e. The van der Waals surface area contributed by atoms with Gasteiger partial charge in [0.1, 0.15) is 0 Å². The maximum atomic E-state index is 10.7. The summed E-state index contributed by atoms with van der Waals surface area (Å²) < 4.78 is 0. The molecule has 1 heterocycles. The van der Waals surface area contributed by atoms with Crippen molar-refractivity contribution in [2.75, 3.05) is 17.7 Å². The Morgan fingerprint density at radius 2 is 2.10 bits per heavy atom. The zero-order valence-electron chi connectivity index (χ0n) is 11.1. The summed E-state index contributed by atoms with van der Waals surface area (Å²) in [5, 5.41) is 13.9. The van der Waals surface area contributed by atoms with Gasteiger partial charge in [-0.1, -0.05) is 12.8 Å². The lowest BCUT2D eigenvalue weighted by atomic mass is 10.2. The Kier molecular flexibility index (Phi) is 5.17. The van der Waals surface area contributed by atoms with Crippen LogP contribution in [0.5, 0.6) is 0 Å². The van der Waals surface area contributed by atoms with Crippen molar-refractivity contribution in [1.82, 2.24) is 9.97 Å². The molecule has 0 fully saturated rings. The summed E-state index contributed by atoms with van der Waals surface area (Å²) in [6.07, 6.45) is 4.37. The molecule has 0 aliphatic rings. The fourth-order valence-corrected chi connectivity index (χ4v) is 2.16. The SMILES string of the molecule is O=[N+]([O-])c1ccc2nc(NCCCCCCCl)[nH]c2c1. The molecule has 7 heteroatoms. The number of aromatic amines is 1. The molecule has 0 saturated heterocycles. The van der Waals surface area contributed by atoms with Crippen LogP contribution in [-0.4, -0.2) is 27.3 Å². The first-order valence-electron chi connectivity index (χ1n) is 6.64. The third-order valence-electron chi connectivity index (χ3n) is 3.03. The van der Waals surface area contributed by atoms with Crippen LogP contribution in [0.25, 0.3) is 11.0 Å². The Balaban J connectivity index is 1.89. The number of nitrogens with zero attached hydrogens (tertiary/aromatic N) is 2. The van der Waals surface area contributed by atoms with E-state index < -0.39 is 4.92 Å². The van der Waals surface area contributed by atoms with Gasteiger partial charge in [0, 0.05) is 24.6 Å². The number of aromatic nitrogens is 2. The lowest BCUT2D eigenvalue weighted by Crippen LogP contribution is -2.02. The van der Waals surface area contributed by atoms with Gasteiger partial charge in [-0.25, -0.2) is 4.98 Å². The van der Waals surface area contributed by atoms with Crippen LogP contribution in [0, 0.1) is 10.1 Å². The number of nitro groups is 1. The van der Waals surface area contributed by atoms with Gasteiger partial charge in [-0.05, 0) is 18.9 Å². The monoisotopic (exact) mass is 296 g/mol. The number of hydrogen-bond donors (Lipinski definition) is 2. The number of unbranched alkanes of at least 4 members (excludes halogenated alkanes) is 3. The largest absolute Gasteiger partial charge is 0.356 e. The second-order valence-electron chi connectivity index (χ2n) is 4.57. The molecule has 0 spiro atoms. The van der Waals surface area contributed by atoms with Crippen molar-refractivity contribution in [1.29, 1.82) is 0 Å². The molecule has 0 saturated carbocycles. The van der Waals surface area contributed by atoms with Crippen LogP contribution in [0.3, 0.4) is 0 Å². The Morgan fingerprint density at radius 3 is 2.85 bits per heavy atom. The average molecular weight is 297 g/mol. The smallest absolute Gasteiger partial charge is 0.271 e. The number of nitro benzene ring substituents is 1. The molecule has 2 rings (SSSR count). The van der Waals surface area contributed by atoms with E-state index >= 15 is 0 Å². The molecule has 1 aromatic heterocycles. The van der Waals surface area contributed by atoms with E-state index in [1.165, 1.54) is 12.1 Å². The average Bonchev–Trinajstić information content (AvgIpc) is 2.84. The van der Waals surface area contributed by atoms with E-state index in [1.54, 1.807) is 6.07 Å². The lowest BCUT2D eigenvalue weighted by molar-refractivity contribution is -0.384. The summed E-state index contributed by atoms with van der Waals surface area (Å²) in [6.45, 7) is 0.824. The molecular formula is C13H17ClN4O2. The zero-order chi connectivity index (χ0) is 14.4. The van der Waals surface area contributed by atoms with Crippen LogP contribution in [0.2, 0.25) is 0 Å². The van der Waals surface area contributed by atoms with E-state index in [9.17, 15) is 10.1 Å². The van der Waals surface area contributed by atoms with Gasteiger partial charge in [0.05, 0.1) is 16.0 Å². The number of nitrogens with one attached hydrogen (secondary N) is 2. The number of alkyl halides is 1. The minimum absolute atomic E-state index is 0.0637. The van der Waals surface area contributed by atoms with E-state index in [4.69, 9.17) is 11.6 Å². The van der Waals surface area contributed by atoms with Crippen molar-refractivity contribution in [3.8, 4) is 0 Å². The van der Waals surface area contributed by atoms with Crippen LogP contribution in [0.4, 0.5) is 11.6 Å². The quantitative estimate of drug-likeness (QED) is 0.337. The molecular weight excluding hydrogens is 280 g/mol. The number of rotatable bonds is 8. The first-order valence-corrected chi connectivity index (χ1v) is 7.18. The normalized spacial score (nSPS) is 10.8. The predicted octanol–water partition coefficient (Wildman–Crippen LogP) is 3.68. The standard InChI is InChI=1S/C13H17ClN4O2/c14-7-3-1-2-4-8-15-13-16-11-6-5-10(18(19)20)9-12(11)17-13/h5-6,9H,1-4,7-8H2,(H2,15,16,17). The third-order valence-corrected chi connectivity index (χ3v) is 3.30. The first-order chi connectivity index (χ1) is 9.70. The van der Waals surface area contributed by atoms with E-state index in [2.05, 4.69) is 15.3 Å². The van der Waals surface area contributed by atoms with Crippen molar-refractivity contribution in [3.63, 3.8) is 0 Å². The minimum atomic E-state index is -0.412. The molecule has 0 radical (unpaired) electrons. The fourth-order valence-electron chi connectivity index (χ4n) is 1.97. The van der Waals surface area contributed by atoms with E-state index in [1.807, 2.05) is 0 Å². The number of imidazole rings is 1. The van der Waals surface area contributed by atoms with Gasteiger partial charge in [-0.2, -0.15) is 0 Å². The summed E-state index contributed by atoms with van der Waals surface area (Å²) >= 11 is 5.61. The summed E-state index contributed by atoms with van der Waals surface area (Å²) in [5.74, 6) is 1.37. The molecule has 0 aliphatic heterocycles. The predicted molar refractivity (Wildman–Crippen MR) is 80.4 cm³/mol. The molecule has 0 aliphatic carbocycles. The van der Waals surface area contributed by atoms with Gasteiger partial charge in [0.2, 0.25) is 5.95 Å². The van der Waals surface area contributed by atoms with Crippen LogP contribution < -0.4 is 5.32 Å². The van der Waals surface area contributed by atoms with Gasteiger partial charge in [-0.15, -0.1) is 11.6 Å². The van der Waals surface area contributed by atoms with Gasteiger partial charge < -0.3 is 10.3 Å². The highest BCUT2D eigenvalue weighted by atomic mass is 35.5. The number of fused-ring (bicyclic) bond motifs is 1. The Labute approximate surface area is 121 Å². The lowest BCUT2D eigenvalue weighted by Gasteiger charge is -2.01. The molecule has 6 nitrogen and oxygen atoms in total. The van der Waals surface area contributed by atoms with Crippen molar-refractivity contribution >= 4 is 34.3 Å². The number of benzene rings is 1. The Hall–Kier alpha value is -1.82. The van der Waals surface area contributed by atoms with Crippen molar-refractivity contribution in [3.05, 3.63) is 28.3 Å². The van der Waals surface area contributed by atoms with Crippen molar-refractivity contribution in [2.24, 2.45) is 0 Å². The summed E-state index contributed by atoms with van der Waals surface area (Å²) in [4.78, 5) is 17.7. The highest BCUT2D eigenvalue weighted by Crippen LogP contribution is 2.20. The number of non-ortho nitro benzene ring substituents is 1. The number of anilines is 1. The second kappa shape index (κ2) is 7.09. The summed E-state index contributed by atoms with van der Waals surface area (Å²) in [7, 11) is 0. The topological polar surface area (TPSA) is 83.8 Å². The van der Waals surface area contributed by atoms with Gasteiger partial charge >= 0.3 is 0 Å². The summed E-state index contributed by atoms with van der Waals surface area (Å²) in [5.41, 5.74) is 1.46. The highest BCUT2D eigenvalue weighted by molar-refractivity contribution is 6.17. The molecule has 0 bridgehead atoms. The van der Waals surface area contributed by atoms with Gasteiger partial charge in [0.15, 0.2) is 0 Å². The molecule has 0 unspecified atom stereocenters. The Bertz CT molecular complexity index is 585. The zero-order valence-corrected chi connectivity index (χ0v) is 11.8. The highest BCUT2D eigenvalue weighted by Gasteiger charge is 2.09. The van der Waals surface area contributed by atoms with Crippen LogP contribution in [0.1, 0.15) is 25.7 Å². The maximum absolute atomic E-state index is 10.7. The second-order valence-corrected chi connectivity index (χ2v) is 4.95. The van der Waals surface area contributed by atoms with E-state index in [-0.39, 0.29) is 5.69 Å². The van der Waals surface area contributed by atoms with E-state index in [0.29, 0.717) is 11.5 Å². The molecule has 0 amide bonds. The third kappa shape index (κ3) is 3.84. The van der Waals surface area contributed by atoms with Crippen LogP contribution in [0.15, 0.2) is 18.2 Å². The Morgan fingerprint density at radius 1 is 1.30 bits per heavy atom. The first kappa shape index (κ1) is 14.6. The molecule has 2 N–H and O–H groups in total. The van der Waals surface area contributed by atoms with Crippen molar-refractivity contribution in [2.45, 2.75) is 25.7 Å². The van der Waals surface area contributed by atoms with E-state index in [0.717, 1.165) is 43.6 Å². The van der Waals surface area contributed by atoms with Crippen LogP contribution in [-0.2, 0) is 0 Å².